The zero-order valence-electron chi connectivity index (χ0n) is 8.62. The highest BCUT2D eigenvalue weighted by molar-refractivity contribution is 8.13. The average Bonchev–Trinajstić information content (AvgIpc) is 2.17. The van der Waals surface area contributed by atoms with E-state index in [1.807, 2.05) is 4.90 Å². The van der Waals surface area contributed by atoms with Crippen LogP contribution in [0.4, 0.5) is 0 Å². The monoisotopic (exact) mass is 345 g/mol. The standard InChI is InChI=1S/C8H15N3O2S.HI/c1-2-14-8-9-5-11(6-10-8)4-3-7(12)13;/h2-6H2,1H3,(H,9,10)(H,12,13);1H. The van der Waals surface area contributed by atoms with Gasteiger partial charge in [-0.05, 0) is 11.8 Å². The first-order valence-corrected chi connectivity index (χ1v) is 5.62. The summed E-state index contributed by atoms with van der Waals surface area (Å²) < 4.78 is 0. The number of amidine groups is 1. The van der Waals surface area contributed by atoms with Crippen molar-refractivity contribution in [2.45, 2.75) is 13.3 Å². The van der Waals surface area contributed by atoms with Crippen molar-refractivity contribution < 1.29 is 38.9 Å². The van der Waals surface area contributed by atoms with Crippen molar-refractivity contribution >= 4 is 22.9 Å². The number of aliphatic carboxylic acids is 1. The summed E-state index contributed by atoms with van der Waals surface area (Å²) in [5.41, 5.74) is 0. The van der Waals surface area contributed by atoms with Crippen molar-refractivity contribution in [1.29, 1.82) is 0 Å². The molecule has 0 aromatic rings. The van der Waals surface area contributed by atoms with Crippen LogP contribution in [0, 0.1) is 0 Å². The molecule has 0 spiro atoms. The van der Waals surface area contributed by atoms with Crippen molar-refractivity contribution in [3.05, 3.63) is 0 Å². The molecule has 0 bridgehead atoms. The number of nitrogens with zero attached hydrogens (tertiary/aromatic N) is 1. The molecule has 3 N–H and O–H groups in total. The van der Waals surface area contributed by atoms with Gasteiger partial charge in [0.1, 0.15) is 13.3 Å². The van der Waals surface area contributed by atoms with Gasteiger partial charge in [-0.1, -0.05) is 6.92 Å². The van der Waals surface area contributed by atoms with Gasteiger partial charge in [0, 0.05) is 12.3 Å². The number of nitrogens with one attached hydrogen (secondary N) is 2. The predicted octanol–water partition coefficient (Wildman–Crippen LogP) is -4.52. The first-order valence-electron chi connectivity index (χ1n) is 4.64. The van der Waals surface area contributed by atoms with Crippen LogP contribution in [0.3, 0.4) is 0 Å². The summed E-state index contributed by atoms with van der Waals surface area (Å²) in [6.07, 6.45) is 0.194. The van der Waals surface area contributed by atoms with E-state index in [-0.39, 0.29) is 30.4 Å². The molecule has 1 heterocycles. The number of hydrogen-bond acceptors (Lipinski definition) is 4. The van der Waals surface area contributed by atoms with Gasteiger partial charge in [-0.3, -0.25) is 15.1 Å². The number of carboxylic acid groups (broad SMARTS) is 1. The topological polar surface area (TPSA) is 66.5 Å². The van der Waals surface area contributed by atoms with Crippen molar-refractivity contribution in [2.24, 2.45) is 0 Å². The highest BCUT2D eigenvalue weighted by Crippen LogP contribution is 1.97. The summed E-state index contributed by atoms with van der Waals surface area (Å²) in [7, 11) is 0. The van der Waals surface area contributed by atoms with Gasteiger partial charge < -0.3 is 29.1 Å². The van der Waals surface area contributed by atoms with E-state index in [4.69, 9.17) is 5.11 Å². The van der Waals surface area contributed by atoms with Gasteiger partial charge in [-0.15, -0.1) is 0 Å². The Morgan fingerprint density at radius 3 is 2.93 bits per heavy atom. The first kappa shape index (κ1) is 15.0. The summed E-state index contributed by atoms with van der Waals surface area (Å²) in [4.78, 5) is 15.5. The zero-order valence-corrected chi connectivity index (χ0v) is 11.6. The van der Waals surface area contributed by atoms with E-state index in [1.54, 1.807) is 11.8 Å². The molecule has 0 aromatic carbocycles. The predicted molar refractivity (Wildman–Crippen MR) is 55.9 cm³/mol. The van der Waals surface area contributed by atoms with Gasteiger partial charge in [0.2, 0.25) is 0 Å². The van der Waals surface area contributed by atoms with Crippen molar-refractivity contribution in [3.8, 4) is 0 Å². The Labute approximate surface area is 111 Å². The van der Waals surface area contributed by atoms with Crippen LogP contribution in [0.2, 0.25) is 0 Å². The molecule has 0 amide bonds. The van der Waals surface area contributed by atoms with Crippen LogP contribution in [0.1, 0.15) is 13.3 Å². The molecule has 0 unspecified atom stereocenters. The van der Waals surface area contributed by atoms with Gasteiger partial charge in [-0.2, -0.15) is 0 Å². The van der Waals surface area contributed by atoms with Gasteiger partial charge >= 0.3 is 11.1 Å². The third-order valence-electron chi connectivity index (χ3n) is 1.86. The van der Waals surface area contributed by atoms with E-state index in [2.05, 4.69) is 17.2 Å². The molecule has 0 saturated heterocycles. The van der Waals surface area contributed by atoms with E-state index >= 15 is 0 Å². The Hall–Kier alpha value is -0.0200. The normalized spacial score (nSPS) is 16.2. The SMILES string of the molecule is CCSC1=[NH+]CN(CCC(=O)O)CN1.[I-]. The Morgan fingerprint density at radius 2 is 2.47 bits per heavy atom. The van der Waals surface area contributed by atoms with E-state index in [1.165, 1.54) is 0 Å². The van der Waals surface area contributed by atoms with Crippen molar-refractivity contribution in [2.75, 3.05) is 25.6 Å². The lowest BCUT2D eigenvalue weighted by Gasteiger charge is -2.20. The molecule has 88 valence electrons. The maximum atomic E-state index is 10.3. The van der Waals surface area contributed by atoms with Crippen LogP contribution < -0.4 is 34.3 Å². The van der Waals surface area contributed by atoms with Gasteiger partial charge in [-0.25, -0.2) is 4.90 Å². The Morgan fingerprint density at radius 1 is 1.73 bits per heavy atom. The summed E-state index contributed by atoms with van der Waals surface area (Å²) >= 11 is 1.73. The lowest BCUT2D eigenvalue weighted by Crippen LogP contribution is -3.00. The maximum Gasteiger partial charge on any atom is 0.306 e. The molecule has 0 aliphatic carbocycles. The van der Waals surface area contributed by atoms with Gasteiger partial charge in [0.15, 0.2) is 0 Å². The van der Waals surface area contributed by atoms with Gasteiger partial charge in [0.05, 0.1) is 6.42 Å². The van der Waals surface area contributed by atoms with E-state index in [0.29, 0.717) is 6.54 Å². The van der Waals surface area contributed by atoms with Crippen molar-refractivity contribution in [3.63, 3.8) is 0 Å². The summed E-state index contributed by atoms with van der Waals surface area (Å²) in [6.45, 7) is 4.13. The number of rotatable bonds is 4. The number of thioether (sulfide) groups is 1. The van der Waals surface area contributed by atoms with E-state index in [0.717, 1.165) is 24.3 Å². The summed E-state index contributed by atoms with van der Waals surface area (Å²) in [5, 5.41) is 12.8. The lowest BCUT2D eigenvalue weighted by molar-refractivity contribution is -0.490. The van der Waals surface area contributed by atoms with Crippen molar-refractivity contribution in [1.82, 2.24) is 10.2 Å². The van der Waals surface area contributed by atoms with Crippen LogP contribution >= 0.6 is 11.8 Å². The molecule has 1 aliphatic rings. The fraction of sp³-hybridized carbons (Fsp3) is 0.750. The van der Waals surface area contributed by atoms with E-state index < -0.39 is 5.97 Å². The smallest absolute Gasteiger partial charge is 0.306 e. The molecule has 1 aliphatic heterocycles. The Bertz CT molecular complexity index is 238. The van der Waals surface area contributed by atoms with Gasteiger partial charge in [0.25, 0.3) is 0 Å². The minimum Gasteiger partial charge on any atom is -1.00 e. The third-order valence-corrected chi connectivity index (χ3v) is 2.72. The fourth-order valence-electron chi connectivity index (χ4n) is 1.14. The molecule has 5 nitrogen and oxygen atoms in total. The number of hydrogen-bond donors (Lipinski definition) is 3. The van der Waals surface area contributed by atoms with E-state index in [9.17, 15) is 4.79 Å². The molecule has 0 saturated carbocycles. The van der Waals surface area contributed by atoms with Crippen LogP contribution in [0.25, 0.3) is 0 Å². The molecule has 15 heavy (non-hydrogen) atoms. The molecule has 0 atom stereocenters. The third kappa shape index (κ3) is 6.21. The molecule has 7 heteroatoms. The highest BCUT2D eigenvalue weighted by atomic mass is 127. The fourth-order valence-corrected chi connectivity index (χ4v) is 1.77. The quantitative estimate of drug-likeness (QED) is 0.448. The molecular formula is C8H16IN3O2S. The molecule has 0 fully saturated rings. The molecule has 0 aromatic heterocycles. The largest absolute Gasteiger partial charge is 1.00 e. The summed E-state index contributed by atoms with van der Waals surface area (Å²) in [6, 6.07) is 0. The summed E-state index contributed by atoms with van der Waals surface area (Å²) in [5.74, 6) is 0.285. The molecule has 1 rings (SSSR count). The average molecular weight is 345 g/mol. The second-order valence-corrected chi connectivity index (χ2v) is 4.24. The van der Waals surface area contributed by atoms with Crippen LogP contribution in [0.15, 0.2) is 0 Å². The number of carboxylic acids is 1. The molecular weight excluding hydrogens is 329 g/mol. The van der Waals surface area contributed by atoms with Crippen LogP contribution in [-0.2, 0) is 4.79 Å². The van der Waals surface area contributed by atoms with Crippen LogP contribution in [0.5, 0.6) is 0 Å². The lowest BCUT2D eigenvalue weighted by atomic mass is 10.4. The minimum absolute atomic E-state index is 0. The molecule has 0 radical (unpaired) electrons. The second kappa shape index (κ2) is 8.17. The number of carbonyl (C=O) groups is 1. The highest BCUT2D eigenvalue weighted by Gasteiger charge is 2.17. The zero-order chi connectivity index (χ0) is 10.4. The second-order valence-electron chi connectivity index (χ2n) is 2.97. The minimum atomic E-state index is -0.747. The van der Waals surface area contributed by atoms with Crippen LogP contribution in [-0.4, -0.2) is 46.8 Å². The first-order chi connectivity index (χ1) is 6.72. The Balaban J connectivity index is 0.00000196. The maximum absolute atomic E-state index is 10.3. The Kier molecular flexibility index (Phi) is 8.16. The number of halogens is 1.